The summed E-state index contributed by atoms with van der Waals surface area (Å²) in [6.07, 6.45) is 1.30. The number of carboxylic acids is 1. The van der Waals surface area contributed by atoms with E-state index in [-0.39, 0.29) is 27.9 Å². The van der Waals surface area contributed by atoms with Crippen LogP contribution in [0.4, 0.5) is 0 Å². The molecule has 1 aromatic carbocycles. The van der Waals surface area contributed by atoms with Crippen LogP contribution in [0.5, 0.6) is 5.75 Å². The lowest BCUT2D eigenvalue weighted by atomic mass is 10.2. The monoisotopic (exact) mass is 458 g/mol. The topological polar surface area (TPSA) is 107 Å². The van der Waals surface area contributed by atoms with Crippen LogP contribution in [0.3, 0.4) is 0 Å². The van der Waals surface area contributed by atoms with Crippen LogP contribution in [0.2, 0.25) is 0 Å². The van der Waals surface area contributed by atoms with E-state index in [0.717, 1.165) is 16.2 Å². The zero-order chi connectivity index (χ0) is 19.4. The van der Waals surface area contributed by atoms with Gasteiger partial charge in [-0.05, 0) is 31.2 Å². The number of carboxylic acid groups (broad SMARTS) is 1. The average Bonchev–Trinajstić information content (AvgIpc) is 2.83. The highest BCUT2D eigenvalue weighted by atomic mass is 79.9. The Morgan fingerprint density at radius 3 is 2.81 bits per heavy atom. The summed E-state index contributed by atoms with van der Waals surface area (Å²) < 4.78 is 0.958. The molecule has 2 amide bonds. The molecule has 1 atom stereocenters. The highest BCUT2D eigenvalue weighted by molar-refractivity contribution is 9.10. The number of aromatic hydroxyl groups is 1. The van der Waals surface area contributed by atoms with Crippen molar-refractivity contribution in [3.05, 3.63) is 33.1 Å². The molecule has 138 valence electrons. The van der Waals surface area contributed by atoms with Crippen molar-refractivity contribution >= 4 is 68.1 Å². The average molecular weight is 459 g/mol. The largest absolute Gasteiger partial charge is 0.507 e. The first-order valence-corrected chi connectivity index (χ1v) is 9.47. The predicted molar refractivity (Wildman–Crippen MR) is 106 cm³/mol. The van der Waals surface area contributed by atoms with Crippen LogP contribution < -0.4 is 5.32 Å². The van der Waals surface area contributed by atoms with Crippen molar-refractivity contribution in [3.8, 4) is 5.75 Å². The molecule has 0 bridgehead atoms. The number of aliphatic carboxylic acids is 1. The Morgan fingerprint density at radius 1 is 1.46 bits per heavy atom. The lowest BCUT2D eigenvalue weighted by Crippen LogP contribution is -2.47. The van der Waals surface area contributed by atoms with Crippen molar-refractivity contribution in [2.45, 2.75) is 19.4 Å². The van der Waals surface area contributed by atoms with Crippen LogP contribution in [-0.4, -0.2) is 49.8 Å². The van der Waals surface area contributed by atoms with Gasteiger partial charge in [-0.25, -0.2) is 0 Å². The molecule has 0 saturated carbocycles. The summed E-state index contributed by atoms with van der Waals surface area (Å²) in [4.78, 5) is 36.7. The summed E-state index contributed by atoms with van der Waals surface area (Å²) in [6.45, 7) is 1.48. The van der Waals surface area contributed by atoms with Gasteiger partial charge < -0.3 is 15.5 Å². The third-order valence-corrected chi connectivity index (χ3v) is 5.33. The summed E-state index contributed by atoms with van der Waals surface area (Å²) in [5.41, 5.74) is 0.443. The van der Waals surface area contributed by atoms with Crippen LogP contribution in [0, 0.1) is 0 Å². The van der Waals surface area contributed by atoms with E-state index in [1.54, 1.807) is 12.1 Å². The Bertz CT molecular complexity index is 812. The molecule has 1 aromatic rings. The first-order valence-electron chi connectivity index (χ1n) is 7.45. The molecule has 1 saturated heterocycles. The number of hydrogen-bond acceptors (Lipinski definition) is 6. The van der Waals surface area contributed by atoms with E-state index in [1.165, 1.54) is 24.0 Å². The standard InChI is InChI=1S/C16H15BrN2O5S2/c1-8(14(23)18-5-4-13(21)22)19-15(24)12(26-16(19)25)7-9-6-10(17)2-3-11(9)20/h2-3,6-8,20H,4-5H2,1H3,(H,18,23)(H,21,22)/b12-7-. The maximum atomic E-state index is 12.6. The smallest absolute Gasteiger partial charge is 0.305 e. The number of halogens is 1. The fourth-order valence-electron chi connectivity index (χ4n) is 2.15. The van der Waals surface area contributed by atoms with Gasteiger partial charge in [-0.2, -0.15) is 0 Å². The second-order valence-electron chi connectivity index (χ2n) is 5.37. The fraction of sp³-hybridized carbons (Fsp3) is 0.250. The minimum Gasteiger partial charge on any atom is -0.507 e. The van der Waals surface area contributed by atoms with E-state index >= 15 is 0 Å². The van der Waals surface area contributed by atoms with Gasteiger partial charge in [0.25, 0.3) is 5.91 Å². The summed E-state index contributed by atoms with van der Waals surface area (Å²) in [6, 6.07) is 3.94. The Labute approximate surface area is 167 Å². The Balaban J connectivity index is 2.15. The molecule has 10 heteroatoms. The molecular formula is C16H15BrN2O5S2. The van der Waals surface area contributed by atoms with Gasteiger partial charge in [0.15, 0.2) is 0 Å². The zero-order valence-corrected chi connectivity index (χ0v) is 16.8. The van der Waals surface area contributed by atoms with Crippen molar-refractivity contribution in [2.24, 2.45) is 0 Å². The molecule has 1 unspecified atom stereocenters. The molecule has 3 N–H and O–H groups in total. The Hall–Kier alpha value is -1.91. The summed E-state index contributed by atoms with van der Waals surface area (Å²) in [7, 11) is 0. The number of phenols is 1. The fourth-order valence-corrected chi connectivity index (χ4v) is 3.94. The van der Waals surface area contributed by atoms with E-state index in [4.69, 9.17) is 17.3 Å². The van der Waals surface area contributed by atoms with E-state index in [0.29, 0.717) is 5.56 Å². The lowest BCUT2D eigenvalue weighted by molar-refractivity contribution is -0.137. The number of nitrogens with one attached hydrogen (secondary N) is 1. The molecule has 0 aliphatic carbocycles. The maximum absolute atomic E-state index is 12.6. The lowest BCUT2D eigenvalue weighted by Gasteiger charge is -2.22. The molecule has 2 rings (SSSR count). The van der Waals surface area contributed by atoms with Crippen molar-refractivity contribution in [1.29, 1.82) is 0 Å². The van der Waals surface area contributed by atoms with Crippen LogP contribution >= 0.6 is 39.9 Å². The molecule has 1 fully saturated rings. The number of benzene rings is 1. The number of carbonyl (C=O) groups is 3. The second-order valence-corrected chi connectivity index (χ2v) is 7.96. The quantitative estimate of drug-likeness (QED) is 0.443. The van der Waals surface area contributed by atoms with Crippen LogP contribution in [0.1, 0.15) is 18.9 Å². The molecule has 0 spiro atoms. The molecule has 0 aromatic heterocycles. The highest BCUT2D eigenvalue weighted by Crippen LogP contribution is 2.35. The Morgan fingerprint density at radius 2 is 2.15 bits per heavy atom. The molecule has 0 radical (unpaired) electrons. The van der Waals surface area contributed by atoms with E-state index in [2.05, 4.69) is 21.2 Å². The van der Waals surface area contributed by atoms with E-state index < -0.39 is 23.8 Å². The number of amides is 2. The van der Waals surface area contributed by atoms with Gasteiger partial charge in [0.1, 0.15) is 16.1 Å². The summed E-state index contributed by atoms with van der Waals surface area (Å²) in [5, 5.41) is 21.0. The van der Waals surface area contributed by atoms with Gasteiger partial charge in [0, 0.05) is 16.6 Å². The van der Waals surface area contributed by atoms with Gasteiger partial charge in [-0.15, -0.1) is 0 Å². The third-order valence-electron chi connectivity index (χ3n) is 3.50. The molecule has 1 aliphatic heterocycles. The second kappa shape index (κ2) is 8.65. The summed E-state index contributed by atoms with van der Waals surface area (Å²) in [5.74, 6) is -1.95. The van der Waals surface area contributed by atoms with Gasteiger partial charge >= 0.3 is 5.97 Å². The van der Waals surface area contributed by atoms with Crippen molar-refractivity contribution in [2.75, 3.05) is 6.54 Å². The maximum Gasteiger partial charge on any atom is 0.305 e. The minimum absolute atomic E-state index is 0.0120. The summed E-state index contributed by atoms with van der Waals surface area (Å²) >= 11 is 9.53. The molecule has 26 heavy (non-hydrogen) atoms. The van der Waals surface area contributed by atoms with Crippen molar-refractivity contribution < 1.29 is 24.6 Å². The number of thioether (sulfide) groups is 1. The number of phenolic OH excluding ortho intramolecular Hbond substituents is 1. The highest BCUT2D eigenvalue weighted by Gasteiger charge is 2.38. The van der Waals surface area contributed by atoms with Gasteiger partial charge in [0.05, 0.1) is 11.3 Å². The zero-order valence-electron chi connectivity index (χ0n) is 13.6. The van der Waals surface area contributed by atoms with Gasteiger partial charge in [-0.1, -0.05) is 39.9 Å². The van der Waals surface area contributed by atoms with E-state index in [9.17, 15) is 19.5 Å². The minimum atomic E-state index is -1.03. The number of rotatable bonds is 6. The first kappa shape index (κ1) is 20.4. The van der Waals surface area contributed by atoms with Crippen molar-refractivity contribution in [3.63, 3.8) is 0 Å². The third kappa shape index (κ3) is 4.83. The predicted octanol–water partition coefficient (Wildman–Crippen LogP) is 2.34. The molecular weight excluding hydrogens is 444 g/mol. The van der Waals surface area contributed by atoms with Crippen LogP contribution in [-0.2, 0) is 14.4 Å². The number of carbonyl (C=O) groups excluding carboxylic acids is 2. The number of thiocarbonyl (C=S) groups is 1. The van der Waals surface area contributed by atoms with Crippen LogP contribution in [0.15, 0.2) is 27.6 Å². The van der Waals surface area contributed by atoms with Gasteiger partial charge in [0.2, 0.25) is 5.91 Å². The van der Waals surface area contributed by atoms with Gasteiger partial charge in [-0.3, -0.25) is 19.3 Å². The number of nitrogens with zero attached hydrogens (tertiary/aromatic N) is 1. The number of hydrogen-bond donors (Lipinski definition) is 3. The molecule has 1 aliphatic rings. The molecule has 1 heterocycles. The van der Waals surface area contributed by atoms with Crippen molar-refractivity contribution in [1.82, 2.24) is 10.2 Å². The Kier molecular flexibility index (Phi) is 6.79. The van der Waals surface area contributed by atoms with E-state index in [1.807, 2.05) is 0 Å². The molecule has 7 nitrogen and oxygen atoms in total. The SMILES string of the molecule is CC(C(=O)NCCC(=O)O)N1C(=O)/C(=C/c2cc(Br)ccc2O)SC1=S. The normalized spacial score (nSPS) is 16.8. The first-order chi connectivity index (χ1) is 12.2. The van der Waals surface area contributed by atoms with Crippen LogP contribution in [0.25, 0.3) is 6.08 Å².